The number of nitrogens with zero attached hydrogens (tertiary/aromatic N) is 2. The lowest BCUT2D eigenvalue weighted by Crippen LogP contribution is -2.02. The van der Waals surface area contributed by atoms with E-state index in [1.807, 2.05) is 0 Å². The van der Waals surface area contributed by atoms with Gasteiger partial charge in [0, 0.05) is 12.1 Å². The highest BCUT2D eigenvalue weighted by Gasteiger charge is 2.12. The van der Waals surface area contributed by atoms with Crippen molar-refractivity contribution < 1.29 is 0 Å². The van der Waals surface area contributed by atoms with Crippen LogP contribution >= 0.6 is 0 Å². The average molecular weight is 389 g/mol. The molecule has 0 fully saturated rings. The molecule has 0 unspecified atom stereocenters. The molecule has 1 heterocycles. The standard InChI is InChI=1S/C28H24N2/c1-3-10-22(11-4-1)12-9-21-30-27-16-8-7-15-26(27)29-28(30)25-19-17-24(18-20-25)23-13-5-2-6-14-23/h1-8,10-11,13-20H,9,12,21H2. The average Bonchev–Trinajstić information content (AvgIpc) is 3.19. The van der Waals surface area contributed by atoms with E-state index in [-0.39, 0.29) is 0 Å². The fourth-order valence-electron chi connectivity index (χ4n) is 4.05. The molecule has 0 aliphatic rings. The van der Waals surface area contributed by atoms with Crippen molar-refractivity contribution in [1.82, 2.24) is 9.55 Å². The number of para-hydroxylation sites is 2. The first-order valence-corrected chi connectivity index (χ1v) is 10.5. The van der Waals surface area contributed by atoms with Gasteiger partial charge in [0.2, 0.25) is 0 Å². The van der Waals surface area contributed by atoms with Crippen molar-refractivity contribution in [3.8, 4) is 22.5 Å². The van der Waals surface area contributed by atoms with Gasteiger partial charge in [0.1, 0.15) is 5.82 Å². The quantitative estimate of drug-likeness (QED) is 0.306. The Labute approximate surface area is 177 Å². The molecule has 2 nitrogen and oxygen atoms in total. The highest BCUT2D eigenvalue weighted by molar-refractivity contribution is 5.81. The van der Waals surface area contributed by atoms with E-state index in [9.17, 15) is 0 Å². The number of aromatic nitrogens is 2. The number of hydrogen-bond donors (Lipinski definition) is 0. The molecule has 0 atom stereocenters. The van der Waals surface area contributed by atoms with Crippen LogP contribution in [0.2, 0.25) is 0 Å². The molecular weight excluding hydrogens is 364 g/mol. The van der Waals surface area contributed by atoms with Gasteiger partial charge in [-0.05, 0) is 41.7 Å². The Morgan fingerprint density at radius 1 is 0.567 bits per heavy atom. The SMILES string of the molecule is c1ccc(CCCn2c(-c3ccc(-c4ccccc4)cc3)nc3ccccc32)cc1. The molecule has 0 bridgehead atoms. The molecule has 30 heavy (non-hydrogen) atoms. The molecule has 0 amide bonds. The second-order valence-electron chi connectivity index (χ2n) is 7.61. The summed E-state index contributed by atoms with van der Waals surface area (Å²) in [5.41, 5.74) is 7.26. The summed E-state index contributed by atoms with van der Waals surface area (Å²) < 4.78 is 2.37. The third-order valence-corrected chi connectivity index (χ3v) is 5.59. The van der Waals surface area contributed by atoms with E-state index in [0.29, 0.717) is 0 Å². The van der Waals surface area contributed by atoms with Crippen LogP contribution in [0.15, 0.2) is 109 Å². The Hall–Kier alpha value is -3.65. The first-order valence-electron chi connectivity index (χ1n) is 10.5. The fraction of sp³-hybridized carbons (Fsp3) is 0.107. The largest absolute Gasteiger partial charge is 0.324 e. The van der Waals surface area contributed by atoms with Gasteiger partial charge in [-0.25, -0.2) is 4.98 Å². The molecule has 1 aromatic heterocycles. The lowest BCUT2D eigenvalue weighted by Gasteiger charge is -2.10. The van der Waals surface area contributed by atoms with E-state index in [1.54, 1.807) is 0 Å². The lowest BCUT2D eigenvalue weighted by molar-refractivity contribution is 0.663. The van der Waals surface area contributed by atoms with Gasteiger partial charge >= 0.3 is 0 Å². The van der Waals surface area contributed by atoms with Crippen LogP contribution in [-0.2, 0) is 13.0 Å². The van der Waals surface area contributed by atoms with Crippen molar-refractivity contribution >= 4 is 11.0 Å². The number of imidazole rings is 1. The monoisotopic (exact) mass is 388 g/mol. The molecular formula is C28H24N2. The zero-order valence-corrected chi connectivity index (χ0v) is 16.9. The van der Waals surface area contributed by atoms with Gasteiger partial charge in [0.05, 0.1) is 11.0 Å². The van der Waals surface area contributed by atoms with Crippen molar-refractivity contribution in [3.05, 3.63) is 115 Å². The predicted octanol–water partition coefficient (Wildman–Crippen LogP) is 7.00. The number of benzene rings is 4. The van der Waals surface area contributed by atoms with Gasteiger partial charge in [0.15, 0.2) is 0 Å². The Bertz CT molecular complexity index is 1240. The van der Waals surface area contributed by atoms with Crippen LogP contribution in [0.5, 0.6) is 0 Å². The van der Waals surface area contributed by atoms with Crippen LogP contribution in [0.3, 0.4) is 0 Å². The molecule has 0 radical (unpaired) electrons. The fourth-order valence-corrected chi connectivity index (χ4v) is 4.05. The minimum Gasteiger partial charge on any atom is -0.324 e. The van der Waals surface area contributed by atoms with Crippen molar-refractivity contribution in [2.45, 2.75) is 19.4 Å². The second kappa shape index (κ2) is 8.38. The van der Waals surface area contributed by atoms with E-state index in [0.717, 1.165) is 36.3 Å². The molecule has 0 saturated heterocycles. The molecule has 146 valence electrons. The van der Waals surface area contributed by atoms with Gasteiger partial charge in [-0.3, -0.25) is 0 Å². The zero-order valence-electron chi connectivity index (χ0n) is 16.9. The number of hydrogen-bond acceptors (Lipinski definition) is 1. The van der Waals surface area contributed by atoms with Crippen molar-refractivity contribution in [3.63, 3.8) is 0 Å². The first kappa shape index (κ1) is 18.4. The molecule has 0 aliphatic carbocycles. The summed E-state index contributed by atoms with van der Waals surface area (Å²) in [5, 5.41) is 0. The molecule has 0 aliphatic heterocycles. The van der Waals surface area contributed by atoms with Gasteiger partial charge < -0.3 is 4.57 Å². The van der Waals surface area contributed by atoms with Crippen molar-refractivity contribution in [2.24, 2.45) is 0 Å². The van der Waals surface area contributed by atoms with Crippen LogP contribution in [0.25, 0.3) is 33.5 Å². The molecule has 4 aromatic carbocycles. The third kappa shape index (κ3) is 3.77. The summed E-state index contributed by atoms with van der Waals surface area (Å²) in [6, 6.07) is 38.4. The van der Waals surface area contributed by atoms with Crippen LogP contribution in [0.1, 0.15) is 12.0 Å². The van der Waals surface area contributed by atoms with Crippen molar-refractivity contribution in [1.29, 1.82) is 0 Å². The Kier molecular flexibility index (Phi) is 5.14. The molecule has 0 saturated carbocycles. The minimum atomic E-state index is 0.950. The smallest absolute Gasteiger partial charge is 0.141 e. The highest BCUT2D eigenvalue weighted by atomic mass is 15.1. The molecule has 0 spiro atoms. The summed E-state index contributed by atoms with van der Waals surface area (Å²) in [5.74, 6) is 1.05. The Morgan fingerprint density at radius 3 is 1.93 bits per heavy atom. The maximum atomic E-state index is 4.97. The maximum absolute atomic E-state index is 4.97. The van der Waals surface area contributed by atoms with Crippen molar-refractivity contribution in [2.75, 3.05) is 0 Å². The minimum absolute atomic E-state index is 0.950. The Morgan fingerprint density at radius 2 is 1.17 bits per heavy atom. The molecule has 5 rings (SSSR count). The highest BCUT2D eigenvalue weighted by Crippen LogP contribution is 2.28. The van der Waals surface area contributed by atoms with Crippen LogP contribution in [0, 0.1) is 0 Å². The van der Waals surface area contributed by atoms with Gasteiger partial charge in [-0.1, -0.05) is 97.1 Å². The number of rotatable bonds is 6. The van der Waals surface area contributed by atoms with E-state index in [1.165, 1.54) is 22.2 Å². The second-order valence-corrected chi connectivity index (χ2v) is 7.61. The zero-order chi connectivity index (χ0) is 20.2. The summed E-state index contributed by atoms with van der Waals surface area (Å²) in [4.78, 5) is 4.97. The summed E-state index contributed by atoms with van der Waals surface area (Å²) in [7, 11) is 0. The van der Waals surface area contributed by atoms with Crippen LogP contribution in [0.4, 0.5) is 0 Å². The Balaban J connectivity index is 1.45. The maximum Gasteiger partial charge on any atom is 0.141 e. The molecule has 0 N–H and O–H groups in total. The van der Waals surface area contributed by atoms with Crippen LogP contribution in [-0.4, -0.2) is 9.55 Å². The molecule has 2 heteroatoms. The predicted molar refractivity (Wildman–Crippen MR) is 125 cm³/mol. The topological polar surface area (TPSA) is 17.8 Å². The van der Waals surface area contributed by atoms with Gasteiger partial charge in [-0.15, -0.1) is 0 Å². The normalized spacial score (nSPS) is 11.1. The summed E-state index contributed by atoms with van der Waals surface area (Å²) in [6.07, 6.45) is 2.15. The molecule has 5 aromatic rings. The van der Waals surface area contributed by atoms with Gasteiger partial charge in [0.25, 0.3) is 0 Å². The summed E-state index contributed by atoms with van der Waals surface area (Å²) >= 11 is 0. The number of fused-ring (bicyclic) bond motifs is 1. The van der Waals surface area contributed by atoms with E-state index >= 15 is 0 Å². The van der Waals surface area contributed by atoms with E-state index in [4.69, 9.17) is 4.98 Å². The van der Waals surface area contributed by atoms with Crippen LogP contribution < -0.4 is 0 Å². The number of aryl methyl sites for hydroxylation is 2. The van der Waals surface area contributed by atoms with E-state index in [2.05, 4.69) is 114 Å². The first-order chi connectivity index (χ1) is 14.9. The summed E-state index contributed by atoms with van der Waals surface area (Å²) in [6.45, 7) is 0.950. The van der Waals surface area contributed by atoms with E-state index < -0.39 is 0 Å². The third-order valence-electron chi connectivity index (χ3n) is 5.59. The van der Waals surface area contributed by atoms with Gasteiger partial charge in [-0.2, -0.15) is 0 Å². The lowest BCUT2D eigenvalue weighted by atomic mass is 10.0.